The summed E-state index contributed by atoms with van der Waals surface area (Å²) >= 11 is 3.10. The zero-order chi connectivity index (χ0) is 13.3. The highest BCUT2D eigenvalue weighted by molar-refractivity contribution is 9.10. The first-order valence-corrected chi connectivity index (χ1v) is 6.14. The summed E-state index contributed by atoms with van der Waals surface area (Å²) in [4.78, 5) is 1.82. The number of halogens is 2. The minimum Gasteiger partial charge on any atom is -0.397 e. The van der Waals surface area contributed by atoms with E-state index in [-0.39, 0.29) is 5.82 Å². The fourth-order valence-corrected chi connectivity index (χ4v) is 2.06. The van der Waals surface area contributed by atoms with Crippen LogP contribution in [0.3, 0.4) is 0 Å². The van der Waals surface area contributed by atoms with E-state index in [0.717, 1.165) is 11.5 Å². The zero-order valence-electron chi connectivity index (χ0n) is 10.1. The van der Waals surface area contributed by atoms with Crippen molar-refractivity contribution >= 4 is 27.3 Å². The molecule has 0 aliphatic rings. The van der Waals surface area contributed by atoms with Gasteiger partial charge >= 0.3 is 0 Å². The lowest BCUT2D eigenvalue weighted by molar-refractivity contribution is 0.390. The average molecular weight is 314 g/mol. The highest BCUT2D eigenvalue weighted by atomic mass is 79.9. The molecule has 96 valence electrons. The molecule has 0 spiro atoms. The Balaban J connectivity index is 2.23. The summed E-state index contributed by atoms with van der Waals surface area (Å²) in [5.74, 6) is 0.399. The standard InChI is InChI=1S/C12H13BrFN3O/c1-7-3-8(16-18-7)6-17(2)12-5-10(14)9(13)4-11(12)15/h3-5H,6,15H2,1-2H3. The lowest BCUT2D eigenvalue weighted by Gasteiger charge is -2.20. The molecule has 0 unspecified atom stereocenters. The summed E-state index contributed by atoms with van der Waals surface area (Å²) in [5.41, 5.74) is 7.77. The molecule has 1 aromatic carbocycles. The molecule has 0 radical (unpaired) electrons. The van der Waals surface area contributed by atoms with Gasteiger partial charge in [0.15, 0.2) is 0 Å². The quantitative estimate of drug-likeness (QED) is 0.885. The van der Waals surface area contributed by atoms with Crippen LogP contribution in [0.1, 0.15) is 11.5 Å². The van der Waals surface area contributed by atoms with Gasteiger partial charge in [0.05, 0.1) is 22.4 Å². The van der Waals surface area contributed by atoms with Crippen molar-refractivity contribution in [2.75, 3.05) is 17.7 Å². The number of anilines is 2. The van der Waals surface area contributed by atoms with E-state index in [0.29, 0.717) is 22.4 Å². The van der Waals surface area contributed by atoms with E-state index in [2.05, 4.69) is 21.1 Å². The van der Waals surface area contributed by atoms with Crippen molar-refractivity contribution in [2.45, 2.75) is 13.5 Å². The largest absolute Gasteiger partial charge is 0.397 e. The molecule has 0 saturated heterocycles. The number of hydrogen-bond donors (Lipinski definition) is 1. The van der Waals surface area contributed by atoms with Crippen molar-refractivity contribution in [1.29, 1.82) is 0 Å². The van der Waals surface area contributed by atoms with Gasteiger partial charge in [-0.2, -0.15) is 0 Å². The number of nitrogens with zero attached hydrogens (tertiary/aromatic N) is 2. The third-order valence-electron chi connectivity index (χ3n) is 2.56. The van der Waals surface area contributed by atoms with Crippen LogP contribution in [0.2, 0.25) is 0 Å². The Morgan fingerprint density at radius 1 is 1.44 bits per heavy atom. The molecule has 0 atom stereocenters. The molecular formula is C12H13BrFN3O. The third kappa shape index (κ3) is 2.64. The van der Waals surface area contributed by atoms with E-state index in [4.69, 9.17) is 10.3 Å². The Hall–Kier alpha value is -1.56. The number of nitrogens with two attached hydrogens (primary N) is 1. The molecule has 2 aromatic rings. The SMILES string of the molecule is Cc1cc(CN(C)c2cc(F)c(Br)cc2N)no1. The molecule has 0 fully saturated rings. The molecule has 0 saturated carbocycles. The minimum absolute atomic E-state index is 0.345. The second-order valence-corrected chi connectivity index (χ2v) is 4.96. The molecular weight excluding hydrogens is 301 g/mol. The number of aromatic nitrogens is 1. The van der Waals surface area contributed by atoms with Gasteiger partial charge in [-0.25, -0.2) is 4.39 Å². The molecule has 0 amide bonds. The Morgan fingerprint density at radius 3 is 2.78 bits per heavy atom. The first-order chi connectivity index (χ1) is 8.47. The van der Waals surface area contributed by atoms with Crippen molar-refractivity contribution in [3.05, 3.63) is 39.9 Å². The Kier molecular flexibility index (Phi) is 3.56. The molecule has 6 heteroatoms. The van der Waals surface area contributed by atoms with E-state index < -0.39 is 0 Å². The zero-order valence-corrected chi connectivity index (χ0v) is 11.7. The molecule has 2 N–H and O–H groups in total. The fourth-order valence-electron chi connectivity index (χ4n) is 1.70. The highest BCUT2D eigenvalue weighted by Gasteiger charge is 2.12. The highest BCUT2D eigenvalue weighted by Crippen LogP contribution is 2.29. The van der Waals surface area contributed by atoms with Crippen LogP contribution in [-0.4, -0.2) is 12.2 Å². The normalized spacial score (nSPS) is 10.7. The maximum Gasteiger partial charge on any atom is 0.139 e. The number of hydrogen-bond acceptors (Lipinski definition) is 4. The van der Waals surface area contributed by atoms with Gasteiger partial charge in [0.25, 0.3) is 0 Å². The van der Waals surface area contributed by atoms with Crippen LogP contribution in [0.5, 0.6) is 0 Å². The lowest BCUT2D eigenvalue weighted by Crippen LogP contribution is -2.18. The van der Waals surface area contributed by atoms with E-state index in [1.165, 1.54) is 6.07 Å². The second-order valence-electron chi connectivity index (χ2n) is 4.11. The van der Waals surface area contributed by atoms with Crippen LogP contribution < -0.4 is 10.6 Å². The number of benzene rings is 1. The van der Waals surface area contributed by atoms with Gasteiger partial charge in [-0.3, -0.25) is 0 Å². The molecule has 0 bridgehead atoms. The maximum absolute atomic E-state index is 13.5. The van der Waals surface area contributed by atoms with Gasteiger partial charge < -0.3 is 15.2 Å². The lowest BCUT2D eigenvalue weighted by atomic mass is 10.2. The fraction of sp³-hybridized carbons (Fsp3) is 0.250. The van der Waals surface area contributed by atoms with Gasteiger partial charge in [-0.05, 0) is 28.9 Å². The van der Waals surface area contributed by atoms with Crippen LogP contribution in [0.4, 0.5) is 15.8 Å². The van der Waals surface area contributed by atoms with Crippen molar-refractivity contribution in [3.63, 3.8) is 0 Å². The van der Waals surface area contributed by atoms with E-state index in [1.54, 1.807) is 6.07 Å². The first kappa shape index (κ1) is 12.9. The number of aryl methyl sites for hydroxylation is 1. The van der Waals surface area contributed by atoms with Crippen LogP contribution in [0.25, 0.3) is 0 Å². The average Bonchev–Trinajstić information content (AvgIpc) is 2.69. The van der Waals surface area contributed by atoms with Crippen molar-refractivity contribution < 1.29 is 8.91 Å². The summed E-state index contributed by atoms with van der Waals surface area (Å²) < 4.78 is 18.8. The van der Waals surface area contributed by atoms with Gasteiger partial charge in [-0.15, -0.1) is 0 Å². The Bertz CT molecular complexity index is 570. The summed E-state index contributed by atoms with van der Waals surface area (Å²) in [6.45, 7) is 2.33. The van der Waals surface area contributed by atoms with E-state index in [9.17, 15) is 4.39 Å². The Labute approximate surface area is 113 Å². The number of nitrogen functional groups attached to an aromatic ring is 1. The molecule has 1 heterocycles. The Morgan fingerprint density at radius 2 is 2.17 bits per heavy atom. The second kappa shape index (κ2) is 4.97. The maximum atomic E-state index is 13.5. The van der Waals surface area contributed by atoms with Crippen molar-refractivity contribution in [3.8, 4) is 0 Å². The van der Waals surface area contributed by atoms with Gasteiger partial charge in [0, 0.05) is 19.2 Å². The summed E-state index contributed by atoms with van der Waals surface area (Å²) in [6.07, 6.45) is 0. The van der Waals surface area contributed by atoms with E-state index in [1.807, 2.05) is 24.9 Å². The predicted molar refractivity (Wildman–Crippen MR) is 71.9 cm³/mol. The molecule has 18 heavy (non-hydrogen) atoms. The van der Waals surface area contributed by atoms with Crippen molar-refractivity contribution in [2.24, 2.45) is 0 Å². The summed E-state index contributed by atoms with van der Waals surface area (Å²) in [6, 6.07) is 4.78. The van der Waals surface area contributed by atoms with Gasteiger partial charge in [0.2, 0.25) is 0 Å². The summed E-state index contributed by atoms with van der Waals surface area (Å²) in [7, 11) is 1.82. The minimum atomic E-state index is -0.345. The topological polar surface area (TPSA) is 55.3 Å². The molecule has 0 aliphatic heterocycles. The monoisotopic (exact) mass is 313 g/mol. The van der Waals surface area contributed by atoms with Gasteiger partial charge in [0.1, 0.15) is 17.3 Å². The van der Waals surface area contributed by atoms with Crippen LogP contribution in [-0.2, 0) is 6.54 Å². The number of rotatable bonds is 3. The van der Waals surface area contributed by atoms with Crippen LogP contribution in [0.15, 0.2) is 27.2 Å². The predicted octanol–water partition coefficient (Wildman–Crippen LogP) is 3.10. The molecule has 2 rings (SSSR count). The molecule has 0 aliphatic carbocycles. The first-order valence-electron chi connectivity index (χ1n) is 5.35. The molecule has 1 aromatic heterocycles. The summed E-state index contributed by atoms with van der Waals surface area (Å²) in [5, 5.41) is 3.89. The smallest absolute Gasteiger partial charge is 0.139 e. The van der Waals surface area contributed by atoms with Crippen LogP contribution >= 0.6 is 15.9 Å². The van der Waals surface area contributed by atoms with Gasteiger partial charge in [-0.1, -0.05) is 5.16 Å². The van der Waals surface area contributed by atoms with E-state index >= 15 is 0 Å². The molecule has 4 nitrogen and oxygen atoms in total. The van der Waals surface area contributed by atoms with Crippen LogP contribution in [0, 0.1) is 12.7 Å². The third-order valence-corrected chi connectivity index (χ3v) is 3.16. The van der Waals surface area contributed by atoms with Crippen molar-refractivity contribution in [1.82, 2.24) is 5.16 Å².